The zero-order valence-corrected chi connectivity index (χ0v) is 16.5. The van der Waals surface area contributed by atoms with Gasteiger partial charge in [-0.2, -0.15) is 0 Å². The number of anilines is 1. The van der Waals surface area contributed by atoms with Crippen molar-refractivity contribution in [3.63, 3.8) is 0 Å². The molecule has 0 aromatic heterocycles. The lowest BCUT2D eigenvalue weighted by molar-refractivity contribution is -0.129. The third-order valence-corrected chi connectivity index (χ3v) is 5.27. The number of hydrogen-bond donors (Lipinski definition) is 1. The zero-order valence-electron chi connectivity index (χ0n) is 16.5. The molecule has 1 aliphatic heterocycles. The molecule has 1 saturated heterocycles. The Kier molecular flexibility index (Phi) is 5.36. The average molecular weight is 364 g/mol. The molecule has 4 nitrogen and oxygen atoms in total. The lowest BCUT2D eigenvalue weighted by Gasteiger charge is -2.25. The van der Waals surface area contributed by atoms with Crippen LogP contribution in [0.1, 0.15) is 51.3 Å². The van der Waals surface area contributed by atoms with Crippen molar-refractivity contribution in [3.8, 4) is 0 Å². The summed E-state index contributed by atoms with van der Waals surface area (Å²) in [6.45, 7) is 8.85. The molecule has 2 unspecified atom stereocenters. The Bertz CT molecular complexity index is 824. The van der Waals surface area contributed by atoms with Gasteiger partial charge in [-0.25, -0.2) is 0 Å². The van der Waals surface area contributed by atoms with Crippen LogP contribution < -0.4 is 5.32 Å². The van der Waals surface area contributed by atoms with Crippen LogP contribution in [-0.4, -0.2) is 23.3 Å². The fourth-order valence-electron chi connectivity index (χ4n) is 3.67. The second kappa shape index (κ2) is 7.55. The lowest BCUT2D eigenvalue weighted by Crippen LogP contribution is -2.31. The molecule has 2 aromatic rings. The van der Waals surface area contributed by atoms with Gasteiger partial charge < -0.3 is 10.2 Å². The number of para-hydroxylation sites is 1. The van der Waals surface area contributed by atoms with E-state index in [1.165, 1.54) is 0 Å². The van der Waals surface area contributed by atoms with Gasteiger partial charge in [0.15, 0.2) is 0 Å². The van der Waals surface area contributed by atoms with Gasteiger partial charge in [-0.05, 0) is 29.5 Å². The van der Waals surface area contributed by atoms with Crippen molar-refractivity contribution in [1.82, 2.24) is 4.90 Å². The van der Waals surface area contributed by atoms with Crippen molar-refractivity contribution in [2.75, 3.05) is 11.9 Å². The number of likely N-dealkylation sites (tertiary alicyclic amines) is 1. The summed E-state index contributed by atoms with van der Waals surface area (Å²) in [6.07, 6.45) is 0.265. The summed E-state index contributed by atoms with van der Waals surface area (Å²) in [5.74, 6) is -0.366. The van der Waals surface area contributed by atoms with E-state index in [1.54, 1.807) is 0 Å². The first-order valence-corrected chi connectivity index (χ1v) is 9.52. The smallest absolute Gasteiger partial charge is 0.229 e. The first-order valence-electron chi connectivity index (χ1n) is 9.52. The maximum atomic E-state index is 12.9. The van der Waals surface area contributed by atoms with Gasteiger partial charge in [0.05, 0.1) is 12.0 Å². The number of hydrogen-bond acceptors (Lipinski definition) is 2. The van der Waals surface area contributed by atoms with E-state index in [2.05, 4.69) is 26.1 Å². The Morgan fingerprint density at radius 1 is 1.07 bits per heavy atom. The number of benzene rings is 2. The molecule has 4 heteroatoms. The SMILES string of the molecule is CC(c1ccccc1)N1CC(C(=O)Nc2ccccc2C(C)(C)C)CC1=O. The number of nitrogens with zero attached hydrogens (tertiary/aromatic N) is 1. The Labute approximate surface area is 161 Å². The predicted molar refractivity (Wildman–Crippen MR) is 108 cm³/mol. The normalized spacial score (nSPS) is 18.4. The summed E-state index contributed by atoms with van der Waals surface area (Å²) in [5, 5.41) is 3.06. The second-order valence-corrected chi connectivity index (χ2v) is 8.32. The molecule has 2 atom stereocenters. The molecule has 2 aromatic carbocycles. The van der Waals surface area contributed by atoms with E-state index in [1.807, 2.05) is 66.4 Å². The molecule has 1 N–H and O–H groups in total. The Morgan fingerprint density at radius 3 is 2.37 bits per heavy atom. The van der Waals surface area contributed by atoms with E-state index in [0.29, 0.717) is 6.54 Å². The summed E-state index contributed by atoms with van der Waals surface area (Å²) in [7, 11) is 0. The summed E-state index contributed by atoms with van der Waals surface area (Å²) in [5.41, 5.74) is 2.95. The summed E-state index contributed by atoms with van der Waals surface area (Å²) >= 11 is 0. The number of carbonyl (C=O) groups excluding carboxylic acids is 2. The van der Waals surface area contributed by atoms with Crippen LogP contribution in [0.25, 0.3) is 0 Å². The molecular weight excluding hydrogens is 336 g/mol. The van der Waals surface area contributed by atoms with Gasteiger partial charge in [0.1, 0.15) is 0 Å². The summed E-state index contributed by atoms with van der Waals surface area (Å²) in [4.78, 5) is 27.2. The third kappa shape index (κ3) is 4.21. The molecule has 0 aliphatic carbocycles. The highest BCUT2D eigenvalue weighted by Crippen LogP contribution is 2.32. The third-order valence-electron chi connectivity index (χ3n) is 5.27. The van der Waals surface area contributed by atoms with E-state index >= 15 is 0 Å². The lowest BCUT2D eigenvalue weighted by atomic mass is 9.85. The highest BCUT2D eigenvalue weighted by Gasteiger charge is 2.37. The average Bonchev–Trinajstić information content (AvgIpc) is 3.03. The van der Waals surface area contributed by atoms with Crippen LogP contribution in [0.4, 0.5) is 5.69 Å². The highest BCUT2D eigenvalue weighted by atomic mass is 16.2. The van der Waals surface area contributed by atoms with Crippen molar-refractivity contribution < 1.29 is 9.59 Å². The molecule has 2 amide bonds. The summed E-state index contributed by atoms with van der Waals surface area (Å²) in [6, 6.07) is 17.8. The molecular formula is C23H28N2O2. The highest BCUT2D eigenvalue weighted by molar-refractivity contribution is 5.97. The fraction of sp³-hybridized carbons (Fsp3) is 0.391. The molecule has 3 rings (SSSR count). The fourth-order valence-corrected chi connectivity index (χ4v) is 3.67. The van der Waals surface area contributed by atoms with Crippen molar-refractivity contribution in [1.29, 1.82) is 0 Å². The minimum atomic E-state index is -0.323. The van der Waals surface area contributed by atoms with E-state index in [9.17, 15) is 9.59 Å². The molecule has 0 bridgehead atoms. The molecule has 1 fully saturated rings. The number of rotatable bonds is 4. The molecule has 27 heavy (non-hydrogen) atoms. The van der Waals surface area contributed by atoms with Gasteiger partial charge in [-0.15, -0.1) is 0 Å². The number of nitrogens with one attached hydrogen (secondary N) is 1. The van der Waals surface area contributed by atoms with Crippen LogP contribution in [-0.2, 0) is 15.0 Å². The Morgan fingerprint density at radius 2 is 1.70 bits per heavy atom. The van der Waals surface area contributed by atoms with Crippen LogP contribution >= 0.6 is 0 Å². The Balaban J connectivity index is 1.72. The first-order chi connectivity index (χ1) is 12.8. The largest absolute Gasteiger partial charge is 0.335 e. The molecule has 142 valence electrons. The van der Waals surface area contributed by atoms with Crippen LogP contribution in [0.3, 0.4) is 0 Å². The van der Waals surface area contributed by atoms with Gasteiger partial charge in [0.25, 0.3) is 0 Å². The van der Waals surface area contributed by atoms with E-state index in [0.717, 1.165) is 16.8 Å². The number of amides is 2. The van der Waals surface area contributed by atoms with Crippen molar-refractivity contribution in [2.24, 2.45) is 5.92 Å². The maximum Gasteiger partial charge on any atom is 0.229 e. The molecule has 0 saturated carbocycles. The van der Waals surface area contributed by atoms with Crippen LogP contribution in [0.2, 0.25) is 0 Å². The standard InChI is InChI=1S/C23H28N2O2/c1-16(17-10-6-5-7-11-17)25-15-18(14-21(25)26)22(27)24-20-13-9-8-12-19(20)23(2,3)4/h5-13,16,18H,14-15H2,1-4H3,(H,24,27). The van der Waals surface area contributed by atoms with Gasteiger partial charge in [-0.3, -0.25) is 9.59 Å². The van der Waals surface area contributed by atoms with Crippen LogP contribution in [0, 0.1) is 5.92 Å². The minimum absolute atomic E-state index is 0.0293. The molecule has 1 aliphatic rings. The van der Waals surface area contributed by atoms with E-state index in [-0.39, 0.29) is 35.6 Å². The number of carbonyl (C=O) groups is 2. The van der Waals surface area contributed by atoms with Crippen LogP contribution in [0.5, 0.6) is 0 Å². The summed E-state index contributed by atoms with van der Waals surface area (Å²) < 4.78 is 0. The second-order valence-electron chi connectivity index (χ2n) is 8.32. The predicted octanol–water partition coefficient (Wildman–Crippen LogP) is 4.53. The van der Waals surface area contributed by atoms with Crippen LogP contribution in [0.15, 0.2) is 54.6 Å². The molecule has 0 radical (unpaired) electrons. The van der Waals surface area contributed by atoms with Gasteiger partial charge in [0.2, 0.25) is 11.8 Å². The minimum Gasteiger partial charge on any atom is -0.335 e. The van der Waals surface area contributed by atoms with E-state index in [4.69, 9.17) is 0 Å². The van der Waals surface area contributed by atoms with Gasteiger partial charge >= 0.3 is 0 Å². The quantitative estimate of drug-likeness (QED) is 0.866. The Hall–Kier alpha value is -2.62. The molecule has 1 heterocycles. The van der Waals surface area contributed by atoms with Crippen molar-refractivity contribution in [3.05, 3.63) is 65.7 Å². The van der Waals surface area contributed by atoms with Crippen molar-refractivity contribution in [2.45, 2.75) is 45.6 Å². The van der Waals surface area contributed by atoms with E-state index < -0.39 is 0 Å². The van der Waals surface area contributed by atoms with Crippen molar-refractivity contribution >= 4 is 17.5 Å². The maximum absolute atomic E-state index is 12.9. The van der Waals surface area contributed by atoms with Gasteiger partial charge in [0, 0.05) is 18.7 Å². The first kappa shape index (κ1) is 19.2. The molecule has 0 spiro atoms. The van der Waals surface area contributed by atoms with Gasteiger partial charge in [-0.1, -0.05) is 69.3 Å². The monoisotopic (exact) mass is 364 g/mol. The topological polar surface area (TPSA) is 49.4 Å². The zero-order chi connectivity index (χ0) is 19.6.